The standard InChI is InChI=1S/C13H10BrN3OS/c1-18-12-6-8(2-3-9(12)14)17-11-4-5-15-7-10(11)16-13(17)19/h2-7H,1H3,(H,16,19). The zero-order valence-corrected chi connectivity index (χ0v) is 12.5. The molecule has 0 radical (unpaired) electrons. The van der Waals surface area contributed by atoms with Crippen LogP contribution in [0, 0.1) is 4.77 Å². The van der Waals surface area contributed by atoms with Crippen molar-refractivity contribution in [2.75, 3.05) is 7.11 Å². The molecule has 4 nitrogen and oxygen atoms in total. The summed E-state index contributed by atoms with van der Waals surface area (Å²) >= 11 is 8.82. The number of ether oxygens (including phenoxy) is 1. The molecule has 0 unspecified atom stereocenters. The largest absolute Gasteiger partial charge is 0.495 e. The molecule has 0 atom stereocenters. The third-order valence-electron chi connectivity index (χ3n) is 2.88. The lowest BCUT2D eigenvalue weighted by Gasteiger charge is -2.08. The minimum Gasteiger partial charge on any atom is -0.495 e. The van der Waals surface area contributed by atoms with Crippen molar-refractivity contribution in [2.45, 2.75) is 0 Å². The van der Waals surface area contributed by atoms with Crippen LogP contribution in [-0.2, 0) is 0 Å². The van der Waals surface area contributed by atoms with Gasteiger partial charge in [-0.3, -0.25) is 9.55 Å². The van der Waals surface area contributed by atoms with Crippen LogP contribution in [0.3, 0.4) is 0 Å². The van der Waals surface area contributed by atoms with Gasteiger partial charge in [0, 0.05) is 12.3 Å². The monoisotopic (exact) mass is 335 g/mol. The van der Waals surface area contributed by atoms with Crippen LogP contribution in [0.15, 0.2) is 41.1 Å². The Morgan fingerprint density at radius 2 is 2.21 bits per heavy atom. The Hall–Kier alpha value is -1.66. The zero-order chi connectivity index (χ0) is 13.4. The summed E-state index contributed by atoms with van der Waals surface area (Å²) in [6.07, 6.45) is 3.51. The Kier molecular flexibility index (Phi) is 3.12. The number of aromatic amines is 1. The maximum Gasteiger partial charge on any atom is 0.182 e. The Balaban J connectivity index is 2.30. The molecule has 2 heterocycles. The number of methoxy groups -OCH3 is 1. The molecule has 0 aliphatic rings. The Morgan fingerprint density at radius 3 is 3.00 bits per heavy atom. The number of rotatable bonds is 2. The molecule has 0 fully saturated rings. The van der Waals surface area contributed by atoms with E-state index in [-0.39, 0.29) is 0 Å². The van der Waals surface area contributed by atoms with E-state index in [1.54, 1.807) is 19.5 Å². The second kappa shape index (κ2) is 4.79. The molecule has 0 aliphatic heterocycles. The summed E-state index contributed by atoms with van der Waals surface area (Å²) in [6, 6.07) is 7.79. The molecule has 19 heavy (non-hydrogen) atoms. The van der Waals surface area contributed by atoms with Gasteiger partial charge >= 0.3 is 0 Å². The van der Waals surface area contributed by atoms with Crippen LogP contribution in [0.4, 0.5) is 0 Å². The molecule has 0 spiro atoms. The van der Waals surface area contributed by atoms with Crippen LogP contribution < -0.4 is 4.74 Å². The first-order chi connectivity index (χ1) is 9.20. The van der Waals surface area contributed by atoms with Gasteiger partial charge in [-0.25, -0.2) is 0 Å². The van der Waals surface area contributed by atoms with Gasteiger partial charge in [0.2, 0.25) is 0 Å². The van der Waals surface area contributed by atoms with E-state index in [0.717, 1.165) is 26.9 Å². The SMILES string of the molecule is COc1cc(-n2c(=S)[nH]c3cnccc32)ccc1Br. The molecule has 2 aromatic heterocycles. The van der Waals surface area contributed by atoms with E-state index in [4.69, 9.17) is 17.0 Å². The van der Waals surface area contributed by atoms with Gasteiger partial charge in [-0.15, -0.1) is 0 Å². The van der Waals surface area contributed by atoms with Crippen molar-refractivity contribution in [2.24, 2.45) is 0 Å². The summed E-state index contributed by atoms with van der Waals surface area (Å²) in [7, 11) is 1.64. The van der Waals surface area contributed by atoms with E-state index in [1.807, 2.05) is 28.8 Å². The smallest absolute Gasteiger partial charge is 0.182 e. The van der Waals surface area contributed by atoms with Crippen molar-refractivity contribution in [3.8, 4) is 11.4 Å². The van der Waals surface area contributed by atoms with Gasteiger partial charge in [0.05, 0.1) is 34.5 Å². The number of nitrogens with zero attached hydrogens (tertiary/aromatic N) is 2. The maximum atomic E-state index is 5.37. The number of halogens is 1. The van der Waals surface area contributed by atoms with Gasteiger partial charge in [0.15, 0.2) is 4.77 Å². The number of nitrogens with one attached hydrogen (secondary N) is 1. The summed E-state index contributed by atoms with van der Waals surface area (Å²) in [5.74, 6) is 0.766. The highest BCUT2D eigenvalue weighted by atomic mass is 79.9. The third-order valence-corrected chi connectivity index (χ3v) is 3.82. The molecule has 3 rings (SSSR count). The van der Waals surface area contributed by atoms with Crippen LogP contribution in [0.25, 0.3) is 16.7 Å². The Bertz CT molecular complexity index is 809. The molecule has 0 aliphatic carbocycles. The number of hydrogen-bond acceptors (Lipinski definition) is 3. The van der Waals surface area contributed by atoms with Crippen molar-refractivity contribution in [1.82, 2.24) is 14.5 Å². The zero-order valence-electron chi connectivity index (χ0n) is 10.1. The van der Waals surface area contributed by atoms with Crippen molar-refractivity contribution < 1.29 is 4.74 Å². The van der Waals surface area contributed by atoms with Crippen LogP contribution in [-0.4, -0.2) is 21.6 Å². The number of hydrogen-bond donors (Lipinski definition) is 1. The summed E-state index contributed by atoms with van der Waals surface area (Å²) < 4.78 is 8.82. The fourth-order valence-corrected chi connectivity index (χ4v) is 2.73. The van der Waals surface area contributed by atoms with Crippen molar-refractivity contribution in [1.29, 1.82) is 0 Å². The lowest BCUT2D eigenvalue weighted by Crippen LogP contribution is -1.95. The average molecular weight is 336 g/mol. The fraction of sp³-hybridized carbons (Fsp3) is 0.0769. The van der Waals surface area contributed by atoms with E-state index in [9.17, 15) is 0 Å². The second-order valence-corrected chi connectivity index (χ2v) is 5.22. The van der Waals surface area contributed by atoms with Gasteiger partial charge in [0.25, 0.3) is 0 Å². The maximum absolute atomic E-state index is 5.37. The first-order valence-corrected chi connectivity index (χ1v) is 6.79. The first kappa shape index (κ1) is 12.4. The van der Waals surface area contributed by atoms with Crippen LogP contribution >= 0.6 is 28.1 Å². The highest BCUT2D eigenvalue weighted by Crippen LogP contribution is 2.28. The van der Waals surface area contributed by atoms with Crippen LogP contribution in [0.2, 0.25) is 0 Å². The first-order valence-electron chi connectivity index (χ1n) is 5.59. The summed E-state index contributed by atoms with van der Waals surface area (Å²) in [6.45, 7) is 0. The fourth-order valence-electron chi connectivity index (χ4n) is 2.00. The van der Waals surface area contributed by atoms with Gasteiger partial charge in [-0.1, -0.05) is 0 Å². The molecule has 0 saturated heterocycles. The van der Waals surface area contributed by atoms with E-state index in [0.29, 0.717) is 4.77 Å². The van der Waals surface area contributed by atoms with E-state index in [1.165, 1.54) is 0 Å². The second-order valence-electron chi connectivity index (χ2n) is 3.98. The van der Waals surface area contributed by atoms with E-state index >= 15 is 0 Å². The van der Waals surface area contributed by atoms with Crippen molar-refractivity contribution >= 4 is 39.2 Å². The van der Waals surface area contributed by atoms with Gasteiger partial charge in [-0.05, 0) is 46.3 Å². The quantitative estimate of drug-likeness (QED) is 0.723. The lowest BCUT2D eigenvalue weighted by atomic mass is 10.3. The normalized spacial score (nSPS) is 10.8. The molecular formula is C13H10BrN3OS. The molecule has 6 heteroatoms. The molecule has 1 aromatic carbocycles. The molecule has 1 N–H and O–H groups in total. The number of pyridine rings is 1. The molecule has 0 amide bonds. The van der Waals surface area contributed by atoms with Crippen LogP contribution in [0.5, 0.6) is 5.75 Å². The van der Waals surface area contributed by atoms with Crippen molar-refractivity contribution in [3.63, 3.8) is 0 Å². The van der Waals surface area contributed by atoms with E-state index < -0.39 is 0 Å². The Labute approximate surface area is 123 Å². The highest BCUT2D eigenvalue weighted by Gasteiger charge is 2.08. The molecule has 0 saturated carbocycles. The average Bonchev–Trinajstić information content (AvgIpc) is 2.75. The molecule has 3 aromatic rings. The van der Waals surface area contributed by atoms with Crippen molar-refractivity contribution in [3.05, 3.63) is 45.9 Å². The van der Waals surface area contributed by atoms with Gasteiger partial charge in [-0.2, -0.15) is 0 Å². The summed E-state index contributed by atoms with van der Waals surface area (Å²) in [4.78, 5) is 7.23. The molecular weight excluding hydrogens is 326 g/mol. The van der Waals surface area contributed by atoms with E-state index in [2.05, 4.69) is 25.9 Å². The van der Waals surface area contributed by atoms with Gasteiger partial charge < -0.3 is 9.72 Å². The Morgan fingerprint density at radius 1 is 1.37 bits per heavy atom. The molecule has 0 bridgehead atoms. The number of benzene rings is 1. The highest BCUT2D eigenvalue weighted by molar-refractivity contribution is 9.10. The minimum absolute atomic E-state index is 0.632. The number of imidazole rings is 1. The summed E-state index contributed by atoms with van der Waals surface area (Å²) in [5, 5.41) is 0. The number of fused-ring (bicyclic) bond motifs is 1. The minimum atomic E-state index is 0.632. The number of H-pyrrole nitrogens is 1. The van der Waals surface area contributed by atoms with Gasteiger partial charge in [0.1, 0.15) is 5.75 Å². The predicted octanol–water partition coefficient (Wildman–Crippen LogP) is 3.85. The lowest BCUT2D eigenvalue weighted by molar-refractivity contribution is 0.412. The number of aromatic nitrogens is 3. The van der Waals surface area contributed by atoms with Crippen LogP contribution in [0.1, 0.15) is 0 Å². The summed E-state index contributed by atoms with van der Waals surface area (Å²) in [5.41, 5.74) is 2.85. The predicted molar refractivity (Wildman–Crippen MR) is 80.5 cm³/mol. The molecule has 96 valence electrons. The topological polar surface area (TPSA) is 42.8 Å². The third kappa shape index (κ3) is 2.06.